The van der Waals surface area contributed by atoms with Crippen LogP contribution in [0.25, 0.3) is 5.69 Å². The Morgan fingerprint density at radius 1 is 1.07 bits per heavy atom. The summed E-state index contributed by atoms with van der Waals surface area (Å²) >= 11 is 0. The average Bonchev–Trinajstić information content (AvgIpc) is 3.20. The molecule has 158 valence electrons. The Bertz CT molecular complexity index is 1110. The summed E-state index contributed by atoms with van der Waals surface area (Å²) in [5, 5.41) is 13.5. The van der Waals surface area contributed by atoms with Crippen LogP contribution in [-0.4, -0.2) is 40.3 Å². The minimum absolute atomic E-state index is 0.114. The molecule has 8 nitrogen and oxygen atoms in total. The van der Waals surface area contributed by atoms with E-state index >= 15 is 0 Å². The maximum absolute atomic E-state index is 12.8. The molecule has 1 atom stereocenters. The van der Waals surface area contributed by atoms with Gasteiger partial charge in [0.25, 0.3) is 0 Å². The molecule has 0 saturated heterocycles. The number of para-hydroxylation sites is 2. The first-order chi connectivity index (χ1) is 14.3. The van der Waals surface area contributed by atoms with E-state index in [0.717, 1.165) is 16.8 Å². The van der Waals surface area contributed by atoms with E-state index in [-0.39, 0.29) is 30.3 Å². The highest BCUT2D eigenvalue weighted by atomic mass is 32.2. The molecule has 0 spiro atoms. The number of aromatic nitrogens is 4. The first kappa shape index (κ1) is 21.6. The minimum Gasteiger partial charge on any atom is -0.326 e. The molecule has 3 aromatic rings. The molecule has 1 N–H and O–H groups in total. The largest absolute Gasteiger partial charge is 0.326 e. The monoisotopic (exact) mass is 427 g/mol. The summed E-state index contributed by atoms with van der Waals surface area (Å²) in [5.74, 6) is -0.0822. The maximum atomic E-state index is 12.8. The fourth-order valence-corrected chi connectivity index (χ4v) is 4.55. The second kappa shape index (κ2) is 9.17. The number of nitrogens with zero attached hydrogens (tertiary/aromatic N) is 4. The first-order valence-electron chi connectivity index (χ1n) is 9.71. The molecule has 0 saturated carbocycles. The molecule has 0 aliphatic rings. The summed E-state index contributed by atoms with van der Waals surface area (Å²) in [4.78, 5) is 12.3. The van der Waals surface area contributed by atoms with Crippen LogP contribution >= 0.6 is 0 Å². The van der Waals surface area contributed by atoms with Crippen LogP contribution in [0.1, 0.15) is 42.0 Å². The molecule has 1 aromatic heterocycles. The number of sulfone groups is 1. The Kier molecular flexibility index (Phi) is 6.61. The molecule has 0 radical (unpaired) electrons. The molecule has 0 fully saturated rings. The highest BCUT2D eigenvalue weighted by Gasteiger charge is 2.28. The van der Waals surface area contributed by atoms with Crippen molar-refractivity contribution in [2.75, 3.05) is 11.1 Å². The van der Waals surface area contributed by atoms with Crippen LogP contribution in [0.4, 0.5) is 5.69 Å². The fourth-order valence-electron chi connectivity index (χ4n) is 3.19. The van der Waals surface area contributed by atoms with Gasteiger partial charge >= 0.3 is 0 Å². The van der Waals surface area contributed by atoms with Gasteiger partial charge in [-0.3, -0.25) is 4.79 Å². The minimum atomic E-state index is -3.54. The molecule has 0 aliphatic heterocycles. The number of benzene rings is 2. The van der Waals surface area contributed by atoms with E-state index in [1.54, 1.807) is 19.1 Å². The predicted octanol–water partition coefficient (Wildman–Crippen LogP) is 3.17. The molecule has 30 heavy (non-hydrogen) atoms. The SMILES string of the molecule is Cc1cccc(C)c1NC(=O)CCCS(=O)(=O)[C@H](C)c1nnnn1-c1ccccc1. The number of anilines is 1. The molecule has 1 amide bonds. The van der Waals surface area contributed by atoms with Gasteiger partial charge < -0.3 is 5.32 Å². The van der Waals surface area contributed by atoms with E-state index in [9.17, 15) is 13.2 Å². The topological polar surface area (TPSA) is 107 Å². The lowest BCUT2D eigenvalue weighted by Gasteiger charge is -2.14. The summed E-state index contributed by atoms with van der Waals surface area (Å²) in [6.07, 6.45) is 0.333. The number of hydrogen-bond acceptors (Lipinski definition) is 6. The lowest BCUT2D eigenvalue weighted by Crippen LogP contribution is -2.20. The molecule has 0 aliphatic carbocycles. The zero-order chi connectivity index (χ0) is 21.7. The van der Waals surface area contributed by atoms with Crippen LogP contribution in [0.15, 0.2) is 48.5 Å². The molecule has 0 unspecified atom stereocenters. The quantitative estimate of drug-likeness (QED) is 0.592. The normalized spacial score (nSPS) is 12.5. The van der Waals surface area contributed by atoms with Crippen LogP contribution < -0.4 is 5.32 Å². The van der Waals surface area contributed by atoms with Crippen LogP contribution in [-0.2, 0) is 14.6 Å². The highest BCUT2D eigenvalue weighted by molar-refractivity contribution is 7.91. The molecule has 2 aromatic carbocycles. The smallest absolute Gasteiger partial charge is 0.224 e. The lowest BCUT2D eigenvalue weighted by molar-refractivity contribution is -0.116. The lowest BCUT2D eigenvalue weighted by atomic mass is 10.1. The van der Waals surface area contributed by atoms with Gasteiger partial charge in [0.1, 0.15) is 5.25 Å². The van der Waals surface area contributed by atoms with Gasteiger partial charge in [-0.1, -0.05) is 36.4 Å². The first-order valence-corrected chi connectivity index (χ1v) is 11.4. The van der Waals surface area contributed by atoms with Gasteiger partial charge in [0.05, 0.1) is 11.4 Å². The number of tetrazole rings is 1. The van der Waals surface area contributed by atoms with Crippen molar-refractivity contribution in [2.45, 2.75) is 38.9 Å². The second-order valence-electron chi connectivity index (χ2n) is 7.21. The van der Waals surface area contributed by atoms with E-state index in [2.05, 4.69) is 20.8 Å². The zero-order valence-corrected chi connectivity index (χ0v) is 18.1. The third-order valence-corrected chi connectivity index (χ3v) is 7.12. The highest BCUT2D eigenvalue weighted by Crippen LogP contribution is 2.24. The van der Waals surface area contributed by atoms with Crippen LogP contribution in [0, 0.1) is 13.8 Å². The Morgan fingerprint density at radius 2 is 1.73 bits per heavy atom. The molecular weight excluding hydrogens is 402 g/mol. The van der Waals surface area contributed by atoms with Gasteiger partial charge in [-0.05, 0) is 60.9 Å². The maximum Gasteiger partial charge on any atom is 0.224 e. The zero-order valence-electron chi connectivity index (χ0n) is 17.2. The Labute approximate surface area is 176 Å². The van der Waals surface area contributed by atoms with Crippen LogP contribution in [0.5, 0.6) is 0 Å². The Hall–Kier alpha value is -3.07. The van der Waals surface area contributed by atoms with E-state index in [4.69, 9.17) is 0 Å². The summed E-state index contributed by atoms with van der Waals surface area (Å²) in [5.41, 5.74) is 3.41. The number of rotatable bonds is 8. The van der Waals surface area contributed by atoms with Gasteiger partial charge in [-0.15, -0.1) is 5.10 Å². The number of carbonyl (C=O) groups excluding carboxylic acids is 1. The summed E-state index contributed by atoms with van der Waals surface area (Å²) in [7, 11) is -3.54. The van der Waals surface area contributed by atoms with Gasteiger partial charge in [-0.25, -0.2) is 8.42 Å². The van der Waals surface area contributed by atoms with E-state index in [0.29, 0.717) is 5.69 Å². The molecular formula is C21H25N5O3S. The van der Waals surface area contributed by atoms with Crippen molar-refractivity contribution in [1.82, 2.24) is 20.2 Å². The van der Waals surface area contributed by atoms with Crippen molar-refractivity contribution in [2.24, 2.45) is 0 Å². The van der Waals surface area contributed by atoms with Crippen molar-refractivity contribution < 1.29 is 13.2 Å². The van der Waals surface area contributed by atoms with Crippen LogP contribution in [0.2, 0.25) is 0 Å². The number of carbonyl (C=O) groups is 1. The summed E-state index contributed by atoms with van der Waals surface area (Å²) in [6.45, 7) is 5.41. The van der Waals surface area contributed by atoms with Crippen LogP contribution in [0.3, 0.4) is 0 Å². The number of amides is 1. The van der Waals surface area contributed by atoms with Crippen molar-refractivity contribution in [3.8, 4) is 5.69 Å². The van der Waals surface area contributed by atoms with Gasteiger partial charge in [0.15, 0.2) is 15.7 Å². The van der Waals surface area contributed by atoms with Gasteiger partial charge in [0, 0.05) is 12.1 Å². The molecule has 9 heteroatoms. The second-order valence-corrected chi connectivity index (χ2v) is 9.65. The standard InChI is InChI=1S/C21H25N5O3S/c1-15-9-7-10-16(2)20(15)22-19(27)13-8-14-30(28,29)17(3)21-23-24-25-26(21)18-11-5-4-6-12-18/h4-7,9-12,17H,8,13-14H2,1-3H3,(H,22,27)/t17-/m1/s1. The van der Waals surface area contributed by atoms with Gasteiger partial charge in [-0.2, -0.15) is 4.68 Å². The Balaban J connectivity index is 1.62. The molecule has 3 rings (SSSR count). The van der Waals surface area contributed by atoms with E-state index in [1.165, 1.54) is 4.68 Å². The molecule has 1 heterocycles. The van der Waals surface area contributed by atoms with Crippen molar-refractivity contribution in [3.05, 3.63) is 65.5 Å². The molecule has 0 bridgehead atoms. The van der Waals surface area contributed by atoms with E-state index in [1.807, 2.05) is 50.2 Å². The van der Waals surface area contributed by atoms with Crippen molar-refractivity contribution in [3.63, 3.8) is 0 Å². The number of hydrogen-bond donors (Lipinski definition) is 1. The summed E-state index contributed by atoms with van der Waals surface area (Å²) < 4.78 is 27.1. The average molecular weight is 428 g/mol. The van der Waals surface area contributed by atoms with Crippen molar-refractivity contribution >= 4 is 21.4 Å². The number of aryl methyl sites for hydroxylation is 2. The predicted molar refractivity (Wildman–Crippen MR) is 115 cm³/mol. The third kappa shape index (κ3) is 4.91. The number of nitrogens with one attached hydrogen (secondary N) is 1. The van der Waals surface area contributed by atoms with Gasteiger partial charge in [0.2, 0.25) is 5.91 Å². The fraction of sp³-hybridized carbons (Fsp3) is 0.333. The van der Waals surface area contributed by atoms with E-state index < -0.39 is 15.1 Å². The Morgan fingerprint density at radius 3 is 2.40 bits per heavy atom. The summed E-state index contributed by atoms with van der Waals surface area (Å²) in [6, 6.07) is 14.9. The van der Waals surface area contributed by atoms with Crippen molar-refractivity contribution in [1.29, 1.82) is 0 Å². The third-order valence-electron chi connectivity index (χ3n) is 4.97.